The van der Waals surface area contributed by atoms with E-state index >= 15 is 0 Å². The van der Waals surface area contributed by atoms with Crippen LogP contribution in [0.2, 0.25) is 0 Å². The van der Waals surface area contributed by atoms with Gasteiger partial charge in [0, 0.05) is 38.9 Å². The highest BCUT2D eigenvalue weighted by Crippen LogP contribution is 2.30. The molecule has 0 aliphatic carbocycles. The third-order valence-corrected chi connectivity index (χ3v) is 5.91. The van der Waals surface area contributed by atoms with Gasteiger partial charge in [0.1, 0.15) is 18.5 Å². The van der Waals surface area contributed by atoms with Crippen LogP contribution in [0.15, 0.2) is 18.2 Å². The molecule has 2 rings (SSSR count). The Hall–Kier alpha value is -3.26. The summed E-state index contributed by atoms with van der Waals surface area (Å²) >= 11 is 0. The molecule has 4 atom stereocenters. The van der Waals surface area contributed by atoms with E-state index in [2.05, 4.69) is 21.3 Å². The number of hydrogen-bond donors (Lipinski definition) is 6. The Balaban J connectivity index is 2.15. The van der Waals surface area contributed by atoms with Crippen molar-refractivity contribution in [3.05, 3.63) is 23.8 Å². The van der Waals surface area contributed by atoms with Crippen LogP contribution in [-0.4, -0.2) is 79.0 Å². The summed E-state index contributed by atoms with van der Waals surface area (Å²) in [5, 5.41) is 21.5. The molecule has 1 aliphatic rings. The molecule has 7 N–H and O–H groups in total. The number of nitrogens with one attached hydrogen (secondary N) is 4. The molecule has 224 valence electrons. The number of rotatable bonds is 14. The first kappa shape index (κ1) is 32.9. The van der Waals surface area contributed by atoms with Crippen LogP contribution in [0.5, 0.6) is 5.75 Å². The maximum atomic E-state index is 12.8. The molecule has 0 saturated carbocycles. The largest absolute Gasteiger partial charge is 0.463 e. The minimum Gasteiger partial charge on any atom is -0.463 e. The molecule has 0 bridgehead atoms. The lowest BCUT2D eigenvalue weighted by Gasteiger charge is -2.32. The molecule has 13 heteroatoms. The Morgan fingerprint density at radius 1 is 1.12 bits per heavy atom. The normalized spacial score (nSPS) is 19.6. The first-order valence-electron chi connectivity index (χ1n) is 13.5. The lowest BCUT2D eigenvalue weighted by atomic mass is 10.0. The highest BCUT2D eigenvalue weighted by atomic mass is 16.7. The van der Waals surface area contributed by atoms with Gasteiger partial charge in [-0.25, -0.2) is 0 Å². The Labute approximate surface area is 234 Å². The van der Waals surface area contributed by atoms with E-state index in [0.29, 0.717) is 5.56 Å². The molecule has 0 spiro atoms. The Morgan fingerprint density at radius 3 is 2.48 bits per heavy atom. The van der Waals surface area contributed by atoms with Crippen molar-refractivity contribution < 1.29 is 38.5 Å². The fraction of sp³-hybridized carbons (Fsp3) is 0.630. The maximum absolute atomic E-state index is 12.8. The molecule has 13 nitrogen and oxygen atoms in total. The van der Waals surface area contributed by atoms with E-state index in [-0.39, 0.29) is 68.4 Å². The van der Waals surface area contributed by atoms with Crippen molar-refractivity contribution in [2.24, 2.45) is 11.7 Å². The number of benzene rings is 1. The zero-order chi connectivity index (χ0) is 29.8. The molecule has 3 amide bonds. The van der Waals surface area contributed by atoms with Gasteiger partial charge in [0.15, 0.2) is 0 Å². The summed E-state index contributed by atoms with van der Waals surface area (Å²) in [5.74, 6) is -1.49. The van der Waals surface area contributed by atoms with Crippen molar-refractivity contribution in [3.63, 3.8) is 0 Å². The molecule has 1 saturated heterocycles. The van der Waals surface area contributed by atoms with Crippen LogP contribution >= 0.6 is 0 Å². The lowest BCUT2D eigenvalue weighted by molar-refractivity contribution is -0.184. The topological polar surface area (TPSA) is 190 Å². The Kier molecular flexibility index (Phi) is 13.3. The minimum absolute atomic E-state index is 0.0160. The van der Waals surface area contributed by atoms with E-state index in [4.69, 9.17) is 19.9 Å². The molecule has 1 aliphatic heterocycles. The van der Waals surface area contributed by atoms with Gasteiger partial charge < -0.3 is 46.3 Å². The van der Waals surface area contributed by atoms with Gasteiger partial charge in [-0.3, -0.25) is 19.2 Å². The second kappa shape index (κ2) is 16.1. The number of anilines is 1. The molecular formula is C27H43N5O8. The monoisotopic (exact) mass is 565 g/mol. The smallest absolute Gasteiger partial charge is 0.302 e. The van der Waals surface area contributed by atoms with Crippen LogP contribution in [-0.2, 0) is 35.3 Å². The second-order valence-corrected chi connectivity index (χ2v) is 10.3. The highest BCUT2D eigenvalue weighted by Gasteiger charge is 2.34. The van der Waals surface area contributed by atoms with E-state index in [1.54, 1.807) is 18.2 Å². The van der Waals surface area contributed by atoms with Crippen molar-refractivity contribution in [2.75, 3.05) is 25.0 Å². The summed E-state index contributed by atoms with van der Waals surface area (Å²) in [5.41, 5.74) is 6.28. The molecule has 1 heterocycles. The first-order chi connectivity index (χ1) is 18.9. The third kappa shape index (κ3) is 11.1. The van der Waals surface area contributed by atoms with Crippen molar-refractivity contribution in [1.29, 1.82) is 0 Å². The molecular weight excluding hydrogens is 522 g/mol. The quantitative estimate of drug-likeness (QED) is 0.169. The third-order valence-electron chi connectivity index (χ3n) is 5.91. The van der Waals surface area contributed by atoms with Gasteiger partial charge in [-0.1, -0.05) is 33.8 Å². The number of hydrogen-bond acceptors (Lipinski definition) is 10. The second-order valence-electron chi connectivity index (χ2n) is 10.3. The number of carbonyl (C=O) groups excluding carboxylic acids is 4. The Bertz CT molecular complexity index is 1020. The van der Waals surface area contributed by atoms with E-state index in [1.165, 1.54) is 6.92 Å². The number of aliphatic hydroxyl groups excluding tert-OH is 1. The van der Waals surface area contributed by atoms with Gasteiger partial charge in [-0.2, -0.15) is 0 Å². The molecule has 1 aromatic rings. The highest BCUT2D eigenvalue weighted by molar-refractivity contribution is 5.96. The fourth-order valence-electron chi connectivity index (χ4n) is 4.00. The summed E-state index contributed by atoms with van der Waals surface area (Å²) in [6.45, 7) is 9.19. The summed E-state index contributed by atoms with van der Waals surface area (Å²) in [6.07, 6.45) is -2.65. The fourth-order valence-corrected chi connectivity index (χ4v) is 4.00. The first-order valence-corrected chi connectivity index (χ1v) is 13.5. The Morgan fingerprint density at radius 2 is 1.85 bits per heavy atom. The van der Waals surface area contributed by atoms with Crippen molar-refractivity contribution >= 4 is 29.4 Å². The van der Waals surface area contributed by atoms with Crippen LogP contribution in [0.25, 0.3) is 0 Å². The van der Waals surface area contributed by atoms with E-state index in [0.717, 1.165) is 0 Å². The van der Waals surface area contributed by atoms with E-state index in [9.17, 15) is 24.3 Å². The molecule has 0 aromatic heterocycles. The SMILES string of the molecule is CC(=O)OCc1ccc(NC(=O)CNC(=O)C(NC(C)C)C(C)C)c(OC2CC(O)CC(C(=O)NCCN)O2)c1. The number of nitrogens with two attached hydrogens (primary N) is 1. The zero-order valence-corrected chi connectivity index (χ0v) is 23.8. The average molecular weight is 566 g/mol. The molecule has 1 fully saturated rings. The number of amides is 3. The molecule has 4 unspecified atom stereocenters. The van der Waals surface area contributed by atoms with Crippen LogP contribution in [0.1, 0.15) is 53.0 Å². The summed E-state index contributed by atoms with van der Waals surface area (Å²) < 4.78 is 16.8. The van der Waals surface area contributed by atoms with Gasteiger partial charge in [-0.15, -0.1) is 0 Å². The number of esters is 1. The van der Waals surface area contributed by atoms with Gasteiger partial charge in [-0.05, 0) is 23.6 Å². The van der Waals surface area contributed by atoms with Crippen LogP contribution < -0.4 is 31.7 Å². The number of aliphatic hydroxyl groups is 1. The number of carbonyl (C=O) groups is 4. The van der Waals surface area contributed by atoms with E-state index < -0.39 is 42.3 Å². The van der Waals surface area contributed by atoms with Gasteiger partial charge in [0.25, 0.3) is 0 Å². The van der Waals surface area contributed by atoms with Crippen LogP contribution in [0.3, 0.4) is 0 Å². The van der Waals surface area contributed by atoms with Crippen LogP contribution in [0.4, 0.5) is 5.69 Å². The van der Waals surface area contributed by atoms with Gasteiger partial charge >= 0.3 is 5.97 Å². The summed E-state index contributed by atoms with van der Waals surface area (Å²) in [7, 11) is 0. The van der Waals surface area contributed by atoms with Crippen molar-refractivity contribution in [1.82, 2.24) is 16.0 Å². The maximum Gasteiger partial charge on any atom is 0.302 e. The lowest BCUT2D eigenvalue weighted by Crippen LogP contribution is -2.51. The zero-order valence-electron chi connectivity index (χ0n) is 23.8. The molecule has 1 aromatic carbocycles. The predicted octanol–water partition coefficient (Wildman–Crippen LogP) is 0.147. The van der Waals surface area contributed by atoms with Gasteiger partial charge in [0.05, 0.1) is 24.4 Å². The summed E-state index contributed by atoms with van der Waals surface area (Å²) in [6, 6.07) is 4.40. The molecule has 40 heavy (non-hydrogen) atoms. The number of ether oxygens (including phenoxy) is 3. The molecule has 0 radical (unpaired) electrons. The summed E-state index contributed by atoms with van der Waals surface area (Å²) in [4.78, 5) is 49.1. The van der Waals surface area contributed by atoms with Crippen molar-refractivity contribution in [3.8, 4) is 5.75 Å². The van der Waals surface area contributed by atoms with E-state index in [1.807, 2.05) is 27.7 Å². The minimum atomic E-state index is -1.01. The predicted molar refractivity (Wildman–Crippen MR) is 147 cm³/mol. The average Bonchev–Trinajstić information content (AvgIpc) is 2.88. The van der Waals surface area contributed by atoms with Gasteiger partial charge in [0.2, 0.25) is 24.0 Å². The van der Waals surface area contributed by atoms with Crippen LogP contribution in [0, 0.1) is 5.92 Å². The standard InChI is InChI=1S/C27H43N5O8/c1-15(2)25(31-16(3)4)27(37)30-13-23(35)32-20-7-6-18(14-38-17(5)33)10-21(20)39-24-12-19(34)11-22(40-24)26(36)29-9-8-28/h6-7,10,15-16,19,22,24-25,31,34H,8-9,11-14,28H2,1-5H3,(H,29,36)(H,30,37)(H,32,35). The van der Waals surface area contributed by atoms with Crippen molar-refractivity contribution in [2.45, 2.75) is 84.6 Å².